The quantitative estimate of drug-likeness (QED) is 0.806. The van der Waals surface area contributed by atoms with Gasteiger partial charge in [-0.3, -0.25) is 9.69 Å². The highest BCUT2D eigenvalue weighted by Crippen LogP contribution is 2.29. The van der Waals surface area contributed by atoms with E-state index in [2.05, 4.69) is 36.2 Å². The Morgan fingerprint density at radius 3 is 2.20 bits per heavy atom. The summed E-state index contributed by atoms with van der Waals surface area (Å²) in [5, 5.41) is 3.39. The van der Waals surface area contributed by atoms with E-state index in [9.17, 15) is 4.79 Å². The second-order valence-electron chi connectivity index (χ2n) is 7.45. The fraction of sp³-hybridized carbons (Fsp3) is 0.667. The van der Waals surface area contributed by atoms with E-state index < -0.39 is 0 Å². The molecule has 2 aliphatic rings. The topological polar surface area (TPSA) is 41.6 Å². The number of nitrogens with zero attached hydrogens (tertiary/aromatic N) is 1. The van der Waals surface area contributed by atoms with Crippen LogP contribution >= 0.6 is 0 Å². The lowest BCUT2D eigenvalue weighted by Crippen LogP contribution is -2.40. The first-order valence-corrected chi connectivity index (χ1v) is 9.81. The normalized spacial score (nSPS) is 19.6. The zero-order valence-electron chi connectivity index (χ0n) is 15.9. The molecule has 1 N–H and O–H groups in total. The van der Waals surface area contributed by atoms with Crippen LogP contribution < -0.4 is 5.32 Å². The molecule has 3 rings (SSSR count). The van der Waals surface area contributed by atoms with Gasteiger partial charge in [0, 0.05) is 25.6 Å². The van der Waals surface area contributed by atoms with Crippen molar-refractivity contribution in [3.63, 3.8) is 0 Å². The number of rotatable bonds is 6. The molecule has 138 valence electrons. The van der Waals surface area contributed by atoms with Gasteiger partial charge in [-0.05, 0) is 61.0 Å². The summed E-state index contributed by atoms with van der Waals surface area (Å²) in [6.45, 7) is 9.76. The molecule has 2 saturated heterocycles. The van der Waals surface area contributed by atoms with Gasteiger partial charge >= 0.3 is 5.97 Å². The number of benzene rings is 1. The third-order valence-electron chi connectivity index (χ3n) is 5.98. The van der Waals surface area contributed by atoms with Gasteiger partial charge in [-0.1, -0.05) is 26.0 Å². The molecule has 2 aliphatic heterocycles. The zero-order valence-corrected chi connectivity index (χ0v) is 15.9. The number of ether oxygens (including phenoxy) is 1. The second-order valence-corrected chi connectivity index (χ2v) is 7.45. The van der Waals surface area contributed by atoms with Crippen molar-refractivity contribution in [2.75, 3.05) is 33.3 Å². The zero-order chi connectivity index (χ0) is 17.8. The van der Waals surface area contributed by atoms with Crippen LogP contribution in [0.15, 0.2) is 12.1 Å². The van der Waals surface area contributed by atoms with E-state index >= 15 is 0 Å². The smallest absolute Gasteiger partial charge is 0.308 e. The first-order chi connectivity index (χ1) is 12.2. The van der Waals surface area contributed by atoms with Crippen molar-refractivity contribution in [1.29, 1.82) is 0 Å². The van der Waals surface area contributed by atoms with Crippen LogP contribution in [0.2, 0.25) is 0 Å². The van der Waals surface area contributed by atoms with Crippen LogP contribution in [-0.4, -0.2) is 44.2 Å². The summed E-state index contributed by atoms with van der Waals surface area (Å²) < 4.78 is 4.91. The molecule has 0 saturated carbocycles. The number of piperidine rings is 1. The maximum absolute atomic E-state index is 11.7. The number of esters is 1. The summed E-state index contributed by atoms with van der Waals surface area (Å²) in [5.41, 5.74) is 6.06. The molecule has 25 heavy (non-hydrogen) atoms. The van der Waals surface area contributed by atoms with E-state index in [-0.39, 0.29) is 11.9 Å². The fourth-order valence-electron chi connectivity index (χ4n) is 4.14. The van der Waals surface area contributed by atoms with Crippen molar-refractivity contribution >= 4 is 5.97 Å². The Balaban J connectivity index is 1.72. The van der Waals surface area contributed by atoms with Crippen molar-refractivity contribution in [3.8, 4) is 0 Å². The number of methoxy groups -OCH3 is 1. The number of hydrogen-bond donors (Lipinski definition) is 1. The third kappa shape index (κ3) is 4.06. The van der Waals surface area contributed by atoms with Crippen molar-refractivity contribution in [1.82, 2.24) is 10.2 Å². The molecular formula is C21H32N2O2. The number of aryl methyl sites for hydroxylation is 2. The Kier molecular flexibility index (Phi) is 6.13. The Labute approximate surface area is 151 Å². The number of hydrogen-bond acceptors (Lipinski definition) is 4. The second kappa shape index (κ2) is 8.33. The lowest BCUT2D eigenvalue weighted by Gasteiger charge is -2.33. The molecule has 0 aliphatic carbocycles. The summed E-state index contributed by atoms with van der Waals surface area (Å²) in [6.07, 6.45) is 4.02. The van der Waals surface area contributed by atoms with E-state index in [4.69, 9.17) is 4.74 Å². The van der Waals surface area contributed by atoms with Crippen LogP contribution in [0.4, 0.5) is 0 Å². The maximum Gasteiger partial charge on any atom is 0.308 e. The van der Waals surface area contributed by atoms with Crippen molar-refractivity contribution < 1.29 is 9.53 Å². The largest absolute Gasteiger partial charge is 0.469 e. The first kappa shape index (κ1) is 18.4. The Hall–Kier alpha value is -1.39. The molecule has 2 heterocycles. The van der Waals surface area contributed by atoms with Gasteiger partial charge in [-0.15, -0.1) is 0 Å². The summed E-state index contributed by atoms with van der Waals surface area (Å²) in [4.78, 5) is 14.2. The molecule has 0 amide bonds. The van der Waals surface area contributed by atoms with Crippen LogP contribution in [0.1, 0.15) is 54.9 Å². The summed E-state index contributed by atoms with van der Waals surface area (Å²) in [5.74, 6) is 0.744. The monoisotopic (exact) mass is 344 g/mol. The van der Waals surface area contributed by atoms with Crippen molar-refractivity contribution in [3.05, 3.63) is 34.4 Å². The van der Waals surface area contributed by atoms with Crippen LogP contribution in [0.5, 0.6) is 0 Å². The number of carbonyl (C=O) groups excluding carboxylic acids is 1. The number of nitrogens with one attached hydrogen (secondary N) is 1. The SMILES string of the molecule is CCc1cc(C2CNC2)cc(CC)c1CN1CCC(C(=O)OC)CC1. The maximum atomic E-state index is 11.7. The average Bonchev–Trinajstić information content (AvgIpc) is 2.61. The van der Waals surface area contributed by atoms with Gasteiger partial charge in [0.1, 0.15) is 0 Å². The molecule has 1 aromatic rings. The van der Waals surface area contributed by atoms with Crippen molar-refractivity contribution in [2.24, 2.45) is 5.92 Å². The molecule has 2 fully saturated rings. The standard InChI is InChI=1S/C21H32N2O2/c1-4-15-10-18(19-12-22-13-19)11-16(5-2)20(15)14-23-8-6-17(7-9-23)21(24)25-3/h10-11,17,19,22H,4-9,12-14H2,1-3H3. The van der Waals surface area contributed by atoms with Gasteiger partial charge in [0.25, 0.3) is 0 Å². The third-order valence-corrected chi connectivity index (χ3v) is 5.98. The van der Waals surface area contributed by atoms with Gasteiger partial charge in [-0.2, -0.15) is 0 Å². The lowest BCUT2D eigenvalue weighted by atomic mass is 9.86. The predicted molar refractivity (Wildman–Crippen MR) is 101 cm³/mol. The molecule has 1 aromatic carbocycles. The van der Waals surface area contributed by atoms with E-state index in [0.29, 0.717) is 5.92 Å². The highest BCUT2D eigenvalue weighted by atomic mass is 16.5. The van der Waals surface area contributed by atoms with E-state index in [1.165, 1.54) is 29.4 Å². The minimum atomic E-state index is -0.0402. The van der Waals surface area contributed by atoms with Gasteiger partial charge in [0.05, 0.1) is 13.0 Å². The van der Waals surface area contributed by atoms with Crippen LogP contribution in [-0.2, 0) is 28.9 Å². The summed E-state index contributed by atoms with van der Waals surface area (Å²) in [7, 11) is 1.49. The van der Waals surface area contributed by atoms with Gasteiger partial charge in [0.2, 0.25) is 0 Å². The molecule has 0 aromatic heterocycles. The summed E-state index contributed by atoms with van der Waals surface area (Å²) >= 11 is 0. The highest BCUT2D eigenvalue weighted by molar-refractivity contribution is 5.72. The molecule has 0 atom stereocenters. The highest BCUT2D eigenvalue weighted by Gasteiger charge is 2.27. The average molecular weight is 344 g/mol. The predicted octanol–water partition coefficient (Wildman–Crippen LogP) is 2.88. The van der Waals surface area contributed by atoms with E-state index in [1.54, 1.807) is 0 Å². The fourth-order valence-corrected chi connectivity index (χ4v) is 4.14. The van der Waals surface area contributed by atoms with Gasteiger partial charge in [0.15, 0.2) is 0 Å². The molecule has 0 spiro atoms. The number of likely N-dealkylation sites (tertiary alicyclic amines) is 1. The minimum absolute atomic E-state index is 0.0402. The number of carbonyl (C=O) groups is 1. The molecule has 0 unspecified atom stereocenters. The van der Waals surface area contributed by atoms with E-state index in [0.717, 1.165) is 58.4 Å². The first-order valence-electron chi connectivity index (χ1n) is 9.81. The molecule has 0 bridgehead atoms. The Morgan fingerprint density at radius 2 is 1.76 bits per heavy atom. The molecule has 4 heteroatoms. The van der Waals surface area contributed by atoms with E-state index in [1.807, 2.05) is 0 Å². The molecule has 4 nitrogen and oxygen atoms in total. The molecular weight excluding hydrogens is 312 g/mol. The Bertz CT molecular complexity index is 577. The van der Waals surface area contributed by atoms with Gasteiger partial charge in [-0.25, -0.2) is 0 Å². The van der Waals surface area contributed by atoms with Crippen LogP contribution in [0, 0.1) is 5.92 Å². The summed E-state index contributed by atoms with van der Waals surface area (Å²) in [6, 6.07) is 4.89. The van der Waals surface area contributed by atoms with Gasteiger partial charge < -0.3 is 10.1 Å². The van der Waals surface area contributed by atoms with Crippen molar-refractivity contribution in [2.45, 2.75) is 52.0 Å². The Morgan fingerprint density at radius 1 is 1.16 bits per heavy atom. The van der Waals surface area contributed by atoms with Crippen LogP contribution in [0.25, 0.3) is 0 Å². The lowest BCUT2D eigenvalue weighted by molar-refractivity contribution is -0.147. The minimum Gasteiger partial charge on any atom is -0.469 e. The molecule has 0 radical (unpaired) electrons. The van der Waals surface area contributed by atoms with Crippen LogP contribution in [0.3, 0.4) is 0 Å².